The molecule has 0 fully saturated rings. The molecule has 0 saturated heterocycles. The molecule has 0 heterocycles. The Balaban J connectivity index is 1.95. The molecule has 2 rings (SSSR count). The molecule has 2 aromatic rings. The van der Waals surface area contributed by atoms with E-state index >= 15 is 0 Å². The van der Waals surface area contributed by atoms with Crippen LogP contribution in [0.25, 0.3) is 0 Å². The van der Waals surface area contributed by atoms with Gasteiger partial charge in [-0.3, -0.25) is 4.79 Å². The zero-order chi connectivity index (χ0) is 16.8. The summed E-state index contributed by atoms with van der Waals surface area (Å²) >= 11 is 9.52. The lowest BCUT2D eigenvalue weighted by molar-refractivity contribution is -0.111. The van der Waals surface area contributed by atoms with Gasteiger partial charge in [-0.15, -0.1) is 0 Å². The molecule has 1 atom stereocenters. The molecular formula is C18H17BrClNO2. The van der Waals surface area contributed by atoms with Crippen LogP contribution in [0.5, 0.6) is 5.75 Å². The van der Waals surface area contributed by atoms with Crippen molar-refractivity contribution in [3.8, 4) is 5.75 Å². The minimum absolute atomic E-state index is 0.196. The third-order valence-corrected chi connectivity index (χ3v) is 4.55. The molecule has 0 aromatic heterocycles. The van der Waals surface area contributed by atoms with E-state index in [9.17, 15) is 4.79 Å². The number of amides is 1. The monoisotopic (exact) mass is 393 g/mol. The highest BCUT2D eigenvalue weighted by molar-refractivity contribution is 9.10. The van der Waals surface area contributed by atoms with Gasteiger partial charge in [-0.2, -0.15) is 0 Å². The van der Waals surface area contributed by atoms with Gasteiger partial charge in [-0.05, 0) is 65.7 Å². The van der Waals surface area contributed by atoms with Gasteiger partial charge in [0.15, 0.2) is 0 Å². The molecule has 1 amide bonds. The summed E-state index contributed by atoms with van der Waals surface area (Å²) in [5, 5.41) is 3.46. The maximum absolute atomic E-state index is 11.9. The van der Waals surface area contributed by atoms with E-state index in [2.05, 4.69) is 21.2 Å². The quantitative estimate of drug-likeness (QED) is 0.692. The van der Waals surface area contributed by atoms with Crippen LogP contribution in [0.1, 0.15) is 12.5 Å². The second-order valence-corrected chi connectivity index (χ2v) is 6.22. The van der Waals surface area contributed by atoms with E-state index in [0.717, 1.165) is 15.7 Å². The first kappa shape index (κ1) is 17.6. The van der Waals surface area contributed by atoms with Crippen molar-refractivity contribution in [2.24, 2.45) is 0 Å². The molecule has 0 bridgehead atoms. The fourth-order valence-electron chi connectivity index (χ4n) is 1.90. The third kappa shape index (κ3) is 5.12. The Morgan fingerprint density at radius 2 is 1.96 bits per heavy atom. The van der Waals surface area contributed by atoms with Crippen molar-refractivity contribution in [1.29, 1.82) is 0 Å². The molecule has 0 aliphatic rings. The van der Waals surface area contributed by atoms with Crippen LogP contribution in [0.2, 0.25) is 5.02 Å². The van der Waals surface area contributed by atoms with Crippen molar-refractivity contribution in [2.45, 2.75) is 20.0 Å². The number of hydrogen-bond donors (Lipinski definition) is 1. The highest BCUT2D eigenvalue weighted by Gasteiger charge is 2.09. The van der Waals surface area contributed by atoms with E-state index in [1.54, 1.807) is 18.2 Å². The summed E-state index contributed by atoms with van der Waals surface area (Å²) in [5.41, 5.74) is 1.67. The lowest BCUT2D eigenvalue weighted by Crippen LogP contribution is -2.12. The number of halogens is 2. The van der Waals surface area contributed by atoms with Crippen LogP contribution in [0, 0.1) is 6.92 Å². The van der Waals surface area contributed by atoms with Gasteiger partial charge in [-0.1, -0.05) is 29.8 Å². The third-order valence-electron chi connectivity index (χ3n) is 3.16. The van der Waals surface area contributed by atoms with Crippen molar-refractivity contribution < 1.29 is 9.53 Å². The number of carbonyl (C=O) groups excluding carboxylic acids is 1. The Labute approximate surface area is 149 Å². The zero-order valence-corrected chi connectivity index (χ0v) is 15.2. The number of para-hydroxylation sites is 1. The number of nitrogens with one attached hydrogen (secondary N) is 1. The van der Waals surface area contributed by atoms with Crippen LogP contribution in [-0.4, -0.2) is 12.0 Å². The lowest BCUT2D eigenvalue weighted by atomic mass is 10.2. The van der Waals surface area contributed by atoms with E-state index in [1.807, 2.05) is 44.2 Å². The summed E-state index contributed by atoms with van der Waals surface area (Å²) in [7, 11) is 0. The molecule has 1 unspecified atom stereocenters. The highest BCUT2D eigenvalue weighted by atomic mass is 79.9. The average Bonchev–Trinajstić information content (AvgIpc) is 2.54. The number of ether oxygens (including phenoxy) is 1. The van der Waals surface area contributed by atoms with Gasteiger partial charge in [0, 0.05) is 16.8 Å². The van der Waals surface area contributed by atoms with E-state index in [-0.39, 0.29) is 12.0 Å². The van der Waals surface area contributed by atoms with E-state index in [4.69, 9.17) is 16.3 Å². The summed E-state index contributed by atoms with van der Waals surface area (Å²) in [6, 6.07) is 12.9. The number of hydrogen-bond acceptors (Lipinski definition) is 2. The second kappa shape index (κ2) is 8.18. The van der Waals surface area contributed by atoms with Crippen molar-refractivity contribution in [1.82, 2.24) is 0 Å². The smallest absolute Gasteiger partial charge is 0.248 e. The normalized spacial score (nSPS) is 12.2. The van der Waals surface area contributed by atoms with Crippen LogP contribution < -0.4 is 10.1 Å². The molecular weight excluding hydrogens is 378 g/mol. The Bertz CT molecular complexity index is 716. The van der Waals surface area contributed by atoms with E-state index in [0.29, 0.717) is 10.8 Å². The molecule has 0 aliphatic carbocycles. The molecule has 0 saturated carbocycles. The van der Waals surface area contributed by atoms with Crippen molar-refractivity contribution in [2.75, 3.05) is 5.32 Å². The first-order chi connectivity index (χ1) is 11.0. The Morgan fingerprint density at radius 3 is 2.65 bits per heavy atom. The maximum atomic E-state index is 11.9. The minimum atomic E-state index is -0.256. The zero-order valence-electron chi connectivity index (χ0n) is 12.8. The number of carbonyl (C=O) groups is 1. The van der Waals surface area contributed by atoms with Crippen LogP contribution in [0.4, 0.5) is 5.69 Å². The summed E-state index contributed by atoms with van der Waals surface area (Å²) < 4.78 is 6.63. The van der Waals surface area contributed by atoms with Gasteiger partial charge >= 0.3 is 0 Å². The van der Waals surface area contributed by atoms with Crippen LogP contribution in [0.15, 0.2) is 59.1 Å². The van der Waals surface area contributed by atoms with Crippen LogP contribution in [0.3, 0.4) is 0 Å². The molecule has 23 heavy (non-hydrogen) atoms. The predicted molar refractivity (Wildman–Crippen MR) is 98.2 cm³/mol. The van der Waals surface area contributed by atoms with Gasteiger partial charge in [0.2, 0.25) is 5.91 Å². The Kier molecular flexibility index (Phi) is 6.25. The molecule has 0 spiro atoms. The fourth-order valence-corrected chi connectivity index (χ4v) is 2.61. The van der Waals surface area contributed by atoms with Gasteiger partial charge in [0.25, 0.3) is 0 Å². The highest BCUT2D eigenvalue weighted by Crippen LogP contribution is 2.33. The summed E-state index contributed by atoms with van der Waals surface area (Å²) in [6.07, 6.45) is 2.91. The molecule has 2 aromatic carbocycles. The SMILES string of the molecule is Cc1c(Cl)ccc(OC(C)C=CC(=O)Nc2ccccc2)c1Br. The fraction of sp³-hybridized carbons (Fsp3) is 0.167. The largest absolute Gasteiger partial charge is 0.485 e. The summed E-state index contributed by atoms with van der Waals surface area (Å²) in [6.45, 7) is 3.77. The van der Waals surface area contributed by atoms with Crippen molar-refractivity contribution in [3.05, 3.63) is 69.7 Å². The first-order valence-corrected chi connectivity index (χ1v) is 8.30. The van der Waals surface area contributed by atoms with Crippen LogP contribution in [-0.2, 0) is 4.79 Å². The summed E-state index contributed by atoms with van der Waals surface area (Å²) in [5.74, 6) is 0.491. The van der Waals surface area contributed by atoms with Gasteiger partial charge < -0.3 is 10.1 Å². The minimum Gasteiger partial charge on any atom is -0.485 e. The van der Waals surface area contributed by atoms with Gasteiger partial charge in [-0.25, -0.2) is 0 Å². The standard InChI is InChI=1S/C18H17BrClNO2/c1-12(23-16-10-9-15(20)13(2)18(16)19)8-11-17(22)21-14-6-4-3-5-7-14/h3-12H,1-2H3,(H,21,22). The van der Waals surface area contributed by atoms with Gasteiger partial charge in [0.1, 0.15) is 11.9 Å². The van der Waals surface area contributed by atoms with Gasteiger partial charge in [0.05, 0.1) is 4.47 Å². The predicted octanol–water partition coefficient (Wildman–Crippen LogP) is 5.37. The topological polar surface area (TPSA) is 38.3 Å². The number of anilines is 1. The maximum Gasteiger partial charge on any atom is 0.248 e. The summed E-state index contributed by atoms with van der Waals surface area (Å²) in [4.78, 5) is 11.9. The van der Waals surface area contributed by atoms with Crippen molar-refractivity contribution >= 4 is 39.1 Å². The molecule has 120 valence electrons. The average molecular weight is 395 g/mol. The molecule has 5 heteroatoms. The van der Waals surface area contributed by atoms with E-state index < -0.39 is 0 Å². The number of rotatable bonds is 5. The Hall–Kier alpha value is -1.78. The Morgan fingerprint density at radius 1 is 1.26 bits per heavy atom. The first-order valence-electron chi connectivity index (χ1n) is 7.13. The molecule has 1 N–H and O–H groups in total. The molecule has 0 aliphatic heterocycles. The molecule has 3 nitrogen and oxygen atoms in total. The molecule has 0 radical (unpaired) electrons. The van der Waals surface area contributed by atoms with E-state index in [1.165, 1.54) is 6.08 Å². The second-order valence-electron chi connectivity index (χ2n) is 5.02. The lowest BCUT2D eigenvalue weighted by Gasteiger charge is -2.14. The van der Waals surface area contributed by atoms with Crippen molar-refractivity contribution in [3.63, 3.8) is 0 Å². The van der Waals surface area contributed by atoms with Crippen LogP contribution >= 0.6 is 27.5 Å². The number of benzene rings is 2.